The van der Waals surface area contributed by atoms with Crippen molar-refractivity contribution < 1.29 is 9.18 Å². The van der Waals surface area contributed by atoms with Gasteiger partial charge in [0.2, 0.25) is 5.91 Å². The summed E-state index contributed by atoms with van der Waals surface area (Å²) in [5.41, 5.74) is 3.05. The van der Waals surface area contributed by atoms with Crippen LogP contribution in [-0.4, -0.2) is 16.1 Å². The third-order valence-electron chi connectivity index (χ3n) is 4.20. The lowest BCUT2D eigenvalue weighted by molar-refractivity contribution is -0.116. The van der Waals surface area contributed by atoms with Crippen molar-refractivity contribution in [1.82, 2.24) is 10.2 Å². The standard InChI is InChI=1S/C18H13BrFN3O/c19-11-6-7-14(20)12(8-11)13-9-15(24)21-18-16(13)17(22-23-18)10-4-2-1-3-5-10/h1-8,13H,9H2,(H2,21,22,23,24)/t13-/m0/s1. The summed E-state index contributed by atoms with van der Waals surface area (Å²) in [6.45, 7) is 0. The number of H-pyrrole nitrogens is 1. The quantitative estimate of drug-likeness (QED) is 0.684. The van der Waals surface area contributed by atoms with Gasteiger partial charge in [0.1, 0.15) is 5.82 Å². The molecule has 2 aromatic carbocycles. The van der Waals surface area contributed by atoms with Gasteiger partial charge in [0, 0.05) is 22.4 Å². The zero-order valence-electron chi connectivity index (χ0n) is 12.5. The number of rotatable bonds is 2. The first kappa shape index (κ1) is 15.1. The van der Waals surface area contributed by atoms with Crippen molar-refractivity contribution in [3.05, 3.63) is 69.9 Å². The van der Waals surface area contributed by atoms with Gasteiger partial charge >= 0.3 is 0 Å². The zero-order chi connectivity index (χ0) is 16.7. The maximum Gasteiger partial charge on any atom is 0.226 e. The Balaban J connectivity index is 1.91. The molecular weight excluding hydrogens is 373 g/mol. The lowest BCUT2D eigenvalue weighted by Crippen LogP contribution is -2.24. The summed E-state index contributed by atoms with van der Waals surface area (Å²) in [4.78, 5) is 12.1. The van der Waals surface area contributed by atoms with Crippen LogP contribution in [0.5, 0.6) is 0 Å². The van der Waals surface area contributed by atoms with Crippen LogP contribution in [0.2, 0.25) is 0 Å². The highest BCUT2D eigenvalue weighted by atomic mass is 79.9. The second-order valence-electron chi connectivity index (χ2n) is 5.70. The first-order valence-corrected chi connectivity index (χ1v) is 8.31. The molecule has 0 unspecified atom stereocenters. The lowest BCUT2D eigenvalue weighted by atomic mass is 9.84. The van der Waals surface area contributed by atoms with E-state index in [-0.39, 0.29) is 24.1 Å². The van der Waals surface area contributed by atoms with Crippen molar-refractivity contribution in [3.63, 3.8) is 0 Å². The van der Waals surface area contributed by atoms with E-state index in [2.05, 4.69) is 31.4 Å². The van der Waals surface area contributed by atoms with Gasteiger partial charge in [-0.05, 0) is 29.3 Å². The van der Waals surface area contributed by atoms with E-state index >= 15 is 0 Å². The van der Waals surface area contributed by atoms with Crippen LogP contribution in [0.25, 0.3) is 11.3 Å². The lowest BCUT2D eigenvalue weighted by Gasteiger charge is -2.24. The molecule has 0 aliphatic carbocycles. The molecule has 0 fully saturated rings. The number of nitrogens with zero attached hydrogens (tertiary/aromatic N) is 1. The van der Waals surface area contributed by atoms with Crippen molar-refractivity contribution in [3.8, 4) is 11.3 Å². The number of carbonyl (C=O) groups is 1. The van der Waals surface area contributed by atoms with Crippen LogP contribution in [0, 0.1) is 5.82 Å². The number of halogens is 2. The number of aromatic amines is 1. The van der Waals surface area contributed by atoms with Crippen LogP contribution in [0.4, 0.5) is 10.2 Å². The second kappa shape index (κ2) is 5.87. The molecule has 0 saturated heterocycles. The summed E-state index contributed by atoms with van der Waals surface area (Å²) in [7, 11) is 0. The summed E-state index contributed by atoms with van der Waals surface area (Å²) in [5.74, 6) is -0.420. The molecule has 1 aliphatic heterocycles. The van der Waals surface area contributed by atoms with Crippen LogP contribution < -0.4 is 5.32 Å². The number of amides is 1. The molecule has 0 spiro atoms. The molecule has 0 radical (unpaired) electrons. The van der Waals surface area contributed by atoms with Gasteiger partial charge in [-0.1, -0.05) is 46.3 Å². The third kappa shape index (κ3) is 2.53. The highest BCUT2D eigenvalue weighted by molar-refractivity contribution is 9.10. The Hall–Kier alpha value is -2.47. The van der Waals surface area contributed by atoms with E-state index in [0.29, 0.717) is 11.4 Å². The zero-order valence-corrected chi connectivity index (χ0v) is 14.1. The van der Waals surface area contributed by atoms with Gasteiger partial charge in [0.15, 0.2) is 5.82 Å². The van der Waals surface area contributed by atoms with Crippen LogP contribution in [-0.2, 0) is 4.79 Å². The van der Waals surface area contributed by atoms with Gasteiger partial charge in [-0.15, -0.1) is 0 Å². The number of carbonyl (C=O) groups excluding carboxylic acids is 1. The molecule has 0 saturated carbocycles. The van der Waals surface area contributed by atoms with Crippen molar-refractivity contribution in [1.29, 1.82) is 0 Å². The average Bonchev–Trinajstić information content (AvgIpc) is 3.01. The predicted octanol–water partition coefficient (Wildman–Crippen LogP) is 4.45. The fourth-order valence-corrected chi connectivity index (χ4v) is 3.51. The van der Waals surface area contributed by atoms with Crippen LogP contribution in [0.15, 0.2) is 53.0 Å². The molecule has 1 aromatic heterocycles. The molecule has 0 bridgehead atoms. The Morgan fingerprint density at radius 3 is 2.75 bits per heavy atom. The maximum atomic E-state index is 14.4. The number of anilines is 1. The molecule has 2 N–H and O–H groups in total. The largest absolute Gasteiger partial charge is 0.309 e. The number of aromatic nitrogens is 2. The molecule has 120 valence electrons. The predicted molar refractivity (Wildman–Crippen MR) is 93.2 cm³/mol. The minimum atomic E-state index is -0.389. The van der Waals surface area contributed by atoms with Crippen molar-refractivity contribution in [2.45, 2.75) is 12.3 Å². The summed E-state index contributed by atoms with van der Waals surface area (Å²) in [5, 5.41) is 9.98. The Morgan fingerprint density at radius 2 is 1.96 bits per heavy atom. The van der Waals surface area contributed by atoms with Gasteiger partial charge in [-0.25, -0.2) is 4.39 Å². The molecule has 4 nitrogen and oxygen atoms in total. The molecule has 4 rings (SSSR count). The molecule has 1 aliphatic rings. The Labute approximate surface area is 146 Å². The van der Waals surface area contributed by atoms with Crippen molar-refractivity contribution in [2.75, 3.05) is 5.32 Å². The van der Waals surface area contributed by atoms with E-state index in [1.165, 1.54) is 6.07 Å². The molecule has 2 heterocycles. The fourth-order valence-electron chi connectivity index (χ4n) is 3.13. The summed E-state index contributed by atoms with van der Waals surface area (Å²) in [6.07, 6.45) is 0.180. The monoisotopic (exact) mass is 385 g/mol. The highest BCUT2D eigenvalue weighted by Crippen LogP contribution is 2.42. The van der Waals surface area contributed by atoms with Gasteiger partial charge in [-0.2, -0.15) is 5.10 Å². The first-order chi connectivity index (χ1) is 11.6. The van der Waals surface area contributed by atoms with Gasteiger partial charge in [0.05, 0.1) is 5.69 Å². The van der Waals surface area contributed by atoms with Crippen LogP contribution in [0.1, 0.15) is 23.5 Å². The van der Waals surface area contributed by atoms with E-state index in [0.717, 1.165) is 21.3 Å². The van der Waals surface area contributed by atoms with E-state index in [1.54, 1.807) is 12.1 Å². The SMILES string of the molecule is O=C1C[C@@H](c2cc(Br)ccc2F)c2c(n[nH]c2-c2ccccc2)N1. The van der Waals surface area contributed by atoms with Gasteiger partial charge < -0.3 is 5.32 Å². The first-order valence-electron chi connectivity index (χ1n) is 7.52. The van der Waals surface area contributed by atoms with Crippen LogP contribution in [0.3, 0.4) is 0 Å². The van der Waals surface area contributed by atoms with E-state index in [9.17, 15) is 9.18 Å². The van der Waals surface area contributed by atoms with E-state index < -0.39 is 0 Å². The number of hydrogen-bond donors (Lipinski definition) is 2. The molecule has 3 aromatic rings. The Morgan fingerprint density at radius 1 is 1.17 bits per heavy atom. The molecular formula is C18H13BrFN3O. The Kier molecular flexibility index (Phi) is 3.69. The second-order valence-corrected chi connectivity index (χ2v) is 6.61. The molecule has 6 heteroatoms. The normalized spacial score (nSPS) is 16.6. The maximum absolute atomic E-state index is 14.4. The minimum Gasteiger partial charge on any atom is -0.309 e. The summed E-state index contributed by atoms with van der Waals surface area (Å²) < 4.78 is 15.2. The number of benzene rings is 2. The van der Waals surface area contributed by atoms with E-state index in [4.69, 9.17) is 0 Å². The average molecular weight is 386 g/mol. The van der Waals surface area contributed by atoms with Crippen molar-refractivity contribution in [2.24, 2.45) is 0 Å². The summed E-state index contributed by atoms with van der Waals surface area (Å²) >= 11 is 3.38. The minimum absolute atomic E-state index is 0.169. The fraction of sp³-hybridized carbons (Fsp3) is 0.111. The molecule has 1 atom stereocenters. The number of nitrogens with one attached hydrogen (secondary N) is 2. The van der Waals surface area contributed by atoms with Crippen LogP contribution >= 0.6 is 15.9 Å². The molecule has 24 heavy (non-hydrogen) atoms. The van der Waals surface area contributed by atoms with Gasteiger partial charge in [-0.3, -0.25) is 9.89 Å². The third-order valence-corrected chi connectivity index (χ3v) is 4.69. The topological polar surface area (TPSA) is 57.8 Å². The Bertz CT molecular complexity index is 923. The van der Waals surface area contributed by atoms with Crippen molar-refractivity contribution >= 4 is 27.7 Å². The number of fused-ring (bicyclic) bond motifs is 1. The highest BCUT2D eigenvalue weighted by Gasteiger charge is 2.33. The van der Waals surface area contributed by atoms with E-state index in [1.807, 2.05) is 30.3 Å². The smallest absolute Gasteiger partial charge is 0.226 e. The number of hydrogen-bond acceptors (Lipinski definition) is 2. The van der Waals surface area contributed by atoms with Gasteiger partial charge in [0.25, 0.3) is 0 Å². The molecule has 1 amide bonds. The summed E-state index contributed by atoms with van der Waals surface area (Å²) in [6, 6.07) is 14.5.